The average molecular weight is 218 g/mol. The number of hydrogen-bond donors (Lipinski definition) is 2. The lowest BCUT2D eigenvalue weighted by atomic mass is 10.1. The lowest BCUT2D eigenvalue weighted by Gasteiger charge is -2.12. The van der Waals surface area contributed by atoms with E-state index in [4.69, 9.17) is 0 Å². The van der Waals surface area contributed by atoms with Gasteiger partial charge in [-0.05, 0) is 26.0 Å². The molecule has 0 aliphatic carbocycles. The van der Waals surface area contributed by atoms with Crippen LogP contribution in [0.1, 0.15) is 19.9 Å². The molecule has 0 saturated heterocycles. The van der Waals surface area contributed by atoms with Crippen LogP contribution in [0.3, 0.4) is 0 Å². The number of aromatic hydroxyl groups is 2. The summed E-state index contributed by atoms with van der Waals surface area (Å²) in [6.45, 7) is 3.94. The molecule has 4 heteroatoms. The van der Waals surface area contributed by atoms with Gasteiger partial charge in [0.05, 0.1) is 6.20 Å². The van der Waals surface area contributed by atoms with Gasteiger partial charge >= 0.3 is 0 Å². The van der Waals surface area contributed by atoms with Gasteiger partial charge in [-0.2, -0.15) is 5.10 Å². The maximum Gasteiger partial charge on any atom is 0.161 e. The number of phenols is 1. The molecular weight excluding hydrogens is 204 g/mol. The van der Waals surface area contributed by atoms with Gasteiger partial charge in [0.25, 0.3) is 0 Å². The Bertz CT molecular complexity index is 503. The molecule has 1 aromatic carbocycles. The van der Waals surface area contributed by atoms with Gasteiger partial charge < -0.3 is 10.2 Å². The molecule has 16 heavy (non-hydrogen) atoms. The summed E-state index contributed by atoms with van der Waals surface area (Å²) in [7, 11) is 0. The van der Waals surface area contributed by atoms with E-state index in [2.05, 4.69) is 5.10 Å². The van der Waals surface area contributed by atoms with Crippen molar-refractivity contribution in [2.24, 2.45) is 0 Å². The van der Waals surface area contributed by atoms with Crippen molar-refractivity contribution < 1.29 is 10.2 Å². The zero-order chi connectivity index (χ0) is 11.7. The van der Waals surface area contributed by atoms with Gasteiger partial charge in [0.2, 0.25) is 0 Å². The van der Waals surface area contributed by atoms with E-state index in [1.165, 1.54) is 6.20 Å². The van der Waals surface area contributed by atoms with Crippen LogP contribution in [0.25, 0.3) is 11.3 Å². The van der Waals surface area contributed by atoms with Crippen LogP contribution >= 0.6 is 0 Å². The Morgan fingerprint density at radius 1 is 1.12 bits per heavy atom. The first-order chi connectivity index (χ1) is 7.61. The predicted octanol–water partition coefficient (Wildman–Crippen LogP) is 2.54. The number of para-hydroxylation sites is 1. The summed E-state index contributed by atoms with van der Waals surface area (Å²) < 4.78 is 1.68. The van der Waals surface area contributed by atoms with E-state index in [-0.39, 0.29) is 17.5 Å². The number of hydrogen-bond acceptors (Lipinski definition) is 3. The van der Waals surface area contributed by atoms with Crippen LogP contribution < -0.4 is 0 Å². The average Bonchev–Trinajstić information content (AvgIpc) is 2.61. The first kappa shape index (κ1) is 10.5. The minimum atomic E-state index is 0.0789. The van der Waals surface area contributed by atoms with E-state index >= 15 is 0 Å². The van der Waals surface area contributed by atoms with Gasteiger partial charge in [0, 0.05) is 11.6 Å². The summed E-state index contributed by atoms with van der Waals surface area (Å²) in [6.07, 6.45) is 1.39. The molecule has 0 aliphatic rings. The summed E-state index contributed by atoms with van der Waals surface area (Å²) in [5.74, 6) is 0.218. The first-order valence-corrected chi connectivity index (χ1v) is 5.16. The third-order valence-corrected chi connectivity index (χ3v) is 2.42. The Morgan fingerprint density at radius 3 is 2.44 bits per heavy atom. The van der Waals surface area contributed by atoms with Gasteiger partial charge in [0.1, 0.15) is 11.4 Å². The van der Waals surface area contributed by atoms with Crippen LogP contribution in [-0.2, 0) is 0 Å². The molecule has 2 aromatic rings. The van der Waals surface area contributed by atoms with Gasteiger partial charge in [-0.15, -0.1) is 0 Å². The number of benzene rings is 1. The molecule has 0 radical (unpaired) electrons. The molecule has 0 saturated carbocycles. The van der Waals surface area contributed by atoms with Crippen LogP contribution in [0, 0.1) is 0 Å². The normalized spacial score (nSPS) is 10.9. The summed E-state index contributed by atoms with van der Waals surface area (Å²) in [4.78, 5) is 0. The molecule has 1 heterocycles. The van der Waals surface area contributed by atoms with Gasteiger partial charge in [0.15, 0.2) is 5.75 Å². The van der Waals surface area contributed by atoms with E-state index in [0.29, 0.717) is 11.3 Å². The van der Waals surface area contributed by atoms with Crippen molar-refractivity contribution in [1.29, 1.82) is 0 Å². The molecule has 84 valence electrons. The Kier molecular flexibility index (Phi) is 2.56. The molecule has 0 atom stereocenters. The molecular formula is C12H14N2O2. The lowest BCUT2D eigenvalue weighted by Crippen LogP contribution is -2.04. The van der Waals surface area contributed by atoms with Crippen molar-refractivity contribution in [1.82, 2.24) is 9.78 Å². The zero-order valence-corrected chi connectivity index (χ0v) is 9.25. The molecule has 0 bridgehead atoms. The molecule has 1 aromatic heterocycles. The highest BCUT2D eigenvalue weighted by molar-refractivity contribution is 5.71. The maximum absolute atomic E-state index is 9.76. The van der Waals surface area contributed by atoms with Gasteiger partial charge in [-0.1, -0.05) is 12.1 Å². The van der Waals surface area contributed by atoms with E-state index in [9.17, 15) is 10.2 Å². The van der Waals surface area contributed by atoms with E-state index in [1.807, 2.05) is 19.9 Å². The van der Waals surface area contributed by atoms with Gasteiger partial charge in [-0.3, -0.25) is 4.68 Å². The fourth-order valence-corrected chi connectivity index (χ4v) is 1.68. The second kappa shape index (κ2) is 3.89. The monoisotopic (exact) mass is 218 g/mol. The molecule has 4 nitrogen and oxygen atoms in total. The second-order valence-corrected chi connectivity index (χ2v) is 3.93. The number of nitrogens with zero attached hydrogens (tertiary/aromatic N) is 2. The molecule has 2 N–H and O–H groups in total. The highest BCUT2D eigenvalue weighted by Crippen LogP contribution is 2.36. The first-order valence-electron chi connectivity index (χ1n) is 5.16. The quantitative estimate of drug-likeness (QED) is 0.814. The fraction of sp³-hybridized carbons (Fsp3) is 0.250. The van der Waals surface area contributed by atoms with Crippen LogP contribution in [-0.4, -0.2) is 20.0 Å². The largest absolute Gasteiger partial charge is 0.507 e. The minimum Gasteiger partial charge on any atom is -0.507 e. The lowest BCUT2D eigenvalue weighted by molar-refractivity contribution is 0.464. The fourth-order valence-electron chi connectivity index (χ4n) is 1.68. The van der Waals surface area contributed by atoms with Gasteiger partial charge in [-0.25, -0.2) is 0 Å². The number of phenolic OH excluding ortho intramolecular Hbond substituents is 1. The van der Waals surface area contributed by atoms with Crippen molar-refractivity contribution in [3.8, 4) is 22.8 Å². The maximum atomic E-state index is 9.76. The second-order valence-electron chi connectivity index (χ2n) is 3.93. The topological polar surface area (TPSA) is 58.3 Å². The van der Waals surface area contributed by atoms with Crippen molar-refractivity contribution >= 4 is 0 Å². The Hall–Kier alpha value is -1.97. The van der Waals surface area contributed by atoms with E-state index in [0.717, 1.165) is 0 Å². The highest BCUT2D eigenvalue weighted by Gasteiger charge is 2.16. The standard InChI is InChI=1S/C12H14N2O2/c1-8(2)14-12(11(16)7-13-14)9-5-3-4-6-10(9)15/h3-8,15-16H,1-2H3. The molecule has 0 spiro atoms. The smallest absolute Gasteiger partial charge is 0.161 e. The Morgan fingerprint density at radius 2 is 1.81 bits per heavy atom. The SMILES string of the molecule is CC(C)n1ncc(O)c1-c1ccccc1O. The van der Waals surface area contributed by atoms with Crippen molar-refractivity contribution in [2.45, 2.75) is 19.9 Å². The summed E-state index contributed by atoms with van der Waals surface area (Å²) in [6, 6.07) is 7.02. The summed E-state index contributed by atoms with van der Waals surface area (Å²) in [5.41, 5.74) is 1.14. The highest BCUT2D eigenvalue weighted by atomic mass is 16.3. The molecule has 0 amide bonds. The molecule has 0 aliphatic heterocycles. The van der Waals surface area contributed by atoms with Crippen molar-refractivity contribution in [3.05, 3.63) is 30.5 Å². The third-order valence-electron chi connectivity index (χ3n) is 2.42. The summed E-state index contributed by atoms with van der Waals surface area (Å²) in [5, 5.41) is 23.6. The van der Waals surface area contributed by atoms with Crippen LogP contribution in [0.2, 0.25) is 0 Å². The van der Waals surface area contributed by atoms with E-state index < -0.39 is 0 Å². The van der Waals surface area contributed by atoms with Crippen molar-refractivity contribution in [3.63, 3.8) is 0 Å². The molecule has 0 fully saturated rings. The number of rotatable bonds is 2. The minimum absolute atomic E-state index is 0.0789. The van der Waals surface area contributed by atoms with E-state index in [1.54, 1.807) is 22.9 Å². The van der Waals surface area contributed by atoms with Crippen molar-refractivity contribution in [2.75, 3.05) is 0 Å². The summed E-state index contributed by atoms with van der Waals surface area (Å²) >= 11 is 0. The molecule has 0 unspecified atom stereocenters. The Labute approximate surface area is 93.8 Å². The van der Waals surface area contributed by atoms with Crippen LogP contribution in [0.15, 0.2) is 30.5 Å². The van der Waals surface area contributed by atoms with Crippen LogP contribution in [0.4, 0.5) is 0 Å². The zero-order valence-electron chi connectivity index (χ0n) is 9.25. The molecule has 2 rings (SSSR count). The third kappa shape index (κ3) is 1.62. The number of aromatic nitrogens is 2. The Balaban J connectivity index is 2.64. The predicted molar refractivity (Wildman–Crippen MR) is 61.4 cm³/mol. The van der Waals surface area contributed by atoms with Crippen LogP contribution in [0.5, 0.6) is 11.5 Å².